The molecule has 0 bridgehead atoms. The first kappa shape index (κ1) is 27.1. The van der Waals surface area contributed by atoms with E-state index in [2.05, 4.69) is 5.32 Å². The Kier molecular flexibility index (Phi) is 10.6. The fourth-order valence-electron chi connectivity index (χ4n) is 4.29. The maximum atomic E-state index is 12.9. The van der Waals surface area contributed by atoms with Crippen molar-refractivity contribution in [3.63, 3.8) is 0 Å². The van der Waals surface area contributed by atoms with Gasteiger partial charge in [-0.1, -0.05) is 49.4 Å². The fraction of sp³-hybridized carbons (Fsp3) is 0.577. The lowest BCUT2D eigenvalue weighted by atomic mass is 9.88. The van der Waals surface area contributed by atoms with E-state index in [9.17, 15) is 28.2 Å². The number of aliphatic hydroxyl groups is 2. The van der Waals surface area contributed by atoms with Crippen LogP contribution in [0.4, 0.5) is 13.2 Å². The number of rotatable bonds is 11. The number of unbranched alkanes of at least 4 members (excludes halogenated alkanes) is 1. The first-order chi connectivity index (χ1) is 15.6. The van der Waals surface area contributed by atoms with Gasteiger partial charge in [-0.15, -0.1) is 0 Å². The summed E-state index contributed by atoms with van der Waals surface area (Å²) >= 11 is 0. The van der Waals surface area contributed by atoms with Gasteiger partial charge in [0.2, 0.25) is 5.91 Å². The first-order valence-electron chi connectivity index (χ1n) is 11.7. The van der Waals surface area contributed by atoms with Crippen molar-refractivity contribution in [2.45, 2.75) is 70.3 Å². The SMILES string of the molecule is CNC(=O)CCC/C=C\C[C@@H]1[C@@H](/C=C/[C@@H](C)CCc2cccc(C(F)(F)F)c2)[C@H](O)C[C@@H]1O. The van der Waals surface area contributed by atoms with Gasteiger partial charge in [0.25, 0.3) is 0 Å². The van der Waals surface area contributed by atoms with Gasteiger partial charge in [-0.05, 0) is 55.6 Å². The average Bonchev–Trinajstić information content (AvgIpc) is 3.04. The van der Waals surface area contributed by atoms with Crippen LogP contribution in [0.3, 0.4) is 0 Å². The van der Waals surface area contributed by atoms with Crippen molar-refractivity contribution in [3.8, 4) is 0 Å². The van der Waals surface area contributed by atoms with E-state index < -0.39 is 23.9 Å². The molecule has 1 aromatic rings. The molecule has 0 aliphatic heterocycles. The second kappa shape index (κ2) is 12.9. The molecule has 0 heterocycles. The van der Waals surface area contributed by atoms with Gasteiger partial charge in [0.15, 0.2) is 0 Å². The van der Waals surface area contributed by atoms with Crippen LogP contribution in [0.15, 0.2) is 48.6 Å². The Morgan fingerprint density at radius 2 is 2.00 bits per heavy atom. The van der Waals surface area contributed by atoms with Gasteiger partial charge in [0.1, 0.15) is 0 Å². The quantitative estimate of drug-likeness (QED) is 0.315. The third-order valence-corrected chi connectivity index (χ3v) is 6.35. The predicted octanol–water partition coefficient (Wildman–Crippen LogP) is 5.05. The smallest absolute Gasteiger partial charge is 0.393 e. The summed E-state index contributed by atoms with van der Waals surface area (Å²) in [6, 6.07) is 5.42. The van der Waals surface area contributed by atoms with E-state index in [1.807, 2.05) is 31.2 Å². The molecule has 1 amide bonds. The highest BCUT2D eigenvalue weighted by Gasteiger charge is 2.39. The number of carbonyl (C=O) groups excluding carboxylic acids is 1. The summed E-state index contributed by atoms with van der Waals surface area (Å²) in [5, 5.41) is 23.4. The molecule has 0 spiro atoms. The highest BCUT2D eigenvalue weighted by Crippen LogP contribution is 2.36. The summed E-state index contributed by atoms with van der Waals surface area (Å²) in [4.78, 5) is 11.2. The van der Waals surface area contributed by atoms with Crippen LogP contribution in [0.2, 0.25) is 0 Å². The van der Waals surface area contributed by atoms with Crippen LogP contribution < -0.4 is 5.32 Å². The van der Waals surface area contributed by atoms with E-state index in [1.165, 1.54) is 12.1 Å². The number of carbonyl (C=O) groups is 1. The Hall–Kier alpha value is -2.12. The molecule has 0 radical (unpaired) electrons. The van der Waals surface area contributed by atoms with Crippen LogP contribution in [0.25, 0.3) is 0 Å². The summed E-state index contributed by atoms with van der Waals surface area (Å²) in [5.74, 6) is -0.0934. The summed E-state index contributed by atoms with van der Waals surface area (Å²) < 4.78 is 38.7. The summed E-state index contributed by atoms with van der Waals surface area (Å²) in [6.07, 6.45) is 6.69. The Morgan fingerprint density at radius 1 is 1.24 bits per heavy atom. The molecule has 0 unspecified atom stereocenters. The van der Waals surface area contributed by atoms with Crippen molar-refractivity contribution < 1.29 is 28.2 Å². The zero-order valence-corrected chi connectivity index (χ0v) is 19.4. The van der Waals surface area contributed by atoms with E-state index in [4.69, 9.17) is 0 Å². The monoisotopic (exact) mass is 467 g/mol. The Balaban J connectivity index is 1.86. The normalized spacial score (nSPS) is 24.6. The molecule has 1 aliphatic rings. The highest BCUT2D eigenvalue weighted by molar-refractivity contribution is 5.75. The van der Waals surface area contributed by atoms with Gasteiger partial charge in [0.05, 0.1) is 17.8 Å². The van der Waals surface area contributed by atoms with Crippen molar-refractivity contribution in [3.05, 3.63) is 59.7 Å². The molecule has 3 N–H and O–H groups in total. The first-order valence-corrected chi connectivity index (χ1v) is 11.7. The minimum Gasteiger partial charge on any atom is -0.393 e. The summed E-state index contributed by atoms with van der Waals surface area (Å²) in [7, 11) is 1.62. The maximum absolute atomic E-state index is 12.9. The van der Waals surface area contributed by atoms with E-state index in [0.717, 1.165) is 18.9 Å². The standard InChI is InChI=1S/C26H36F3NO3/c1-18(12-14-19-8-7-9-20(16-19)26(27,28)29)13-15-22-21(23(31)17-24(22)32)10-5-3-4-6-11-25(33)30-2/h3,5,7-9,13,15-16,18,21-24,31-32H,4,6,10-12,14,17H2,1-2H3,(H,30,33)/b5-3-,15-13+/t18-,21+,22+,23-,24+/m0/s1. The second-order valence-electron chi connectivity index (χ2n) is 8.98. The van der Waals surface area contributed by atoms with Gasteiger partial charge < -0.3 is 15.5 Å². The van der Waals surface area contributed by atoms with Gasteiger partial charge >= 0.3 is 6.18 Å². The number of aryl methyl sites for hydroxylation is 1. The Labute approximate surface area is 194 Å². The Bertz CT molecular complexity index is 806. The predicted molar refractivity (Wildman–Crippen MR) is 123 cm³/mol. The van der Waals surface area contributed by atoms with Crippen molar-refractivity contribution in [2.24, 2.45) is 17.8 Å². The lowest BCUT2D eigenvalue weighted by molar-refractivity contribution is -0.137. The molecular weight excluding hydrogens is 431 g/mol. The largest absolute Gasteiger partial charge is 0.416 e. The van der Waals surface area contributed by atoms with Crippen LogP contribution in [0.5, 0.6) is 0 Å². The summed E-state index contributed by atoms with van der Waals surface area (Å²) in [5.41, 5.74) is 0.0246. The molecule has 0 saturated heterocycles. The number of allylic oxidation sites excluding steroid dienone is 3. The minimum absolute atomic E-state index is 0.0186. The molecule has 5 atom stereocenters. The van der Waals surface area contributed by atoms with Crippen LogP contribution in [-0.4, -0.2) is 35.4 Å². The minimum atomic E-state index is -4.34. The number of hydrogen-bond acceptors (Lipinski definition) is 3. The zero-order valence-electron chi connectivity index (χ0n) is 19.4. The molecule has 4 nitrogen and oxygen atoms in total. The van der Waals surface area contributed by atoms with Crippen molar-refractivity contribution in [1.82, 2.24) is 5.32 Å². The molecule has 1 fully saturated rings. The number of hydrogen-bond donors (Lipinski definition) is 3. The molecule has 0 aromatic heterocycles. The lowest BCUT2D eigenvalue weighted by Gasteiger charge is -2.20. The maximum Gasteiger partial charge on any atom is 0.416 e. The van der Waals surface area contributed by atoms with E-state index >= 15 is 0 Å². The van der Waals surface area contributed by atoms with Crippen LogP contribution in [0.1, 0.15) is 56.6 Å². The molecular formula is C26H36F3NO3. The van der Waals surface area contributed by atoms with Crippen LogP contribution in [-0.2, 0) is 17.4 Å². The third-order valence-electron chi connectivity index (χ3n) is 6.35. The number of aliphatic hydroxyl groups excluding tert-OH is 2. The third kappa shape index (κ3) is 8.97. The van der Waals surface area contributed by atoms with Crippen molar-refractivity contribution >= 4 is 5.91 Å². The van der Waals surface area contributed by atoms with E-state index in [0.29, 0.717) is 37.7 Å². The topological polar surface area (TPSA) is 69.6 Å². The van der Waals surface area contributed by atoms with Crippen molar-refractivity contribution in [1.29, 1.82) is 0 Å². The van der Waals surface area contributed by atoms with Gasteiger partial charge in [0, 0.05) is 25.8 Å². The molecule has 1 aromatic carbocycles. The van der Waals surface area contributed by atoms with Gasteiger partial charge in [-0.3, -0.25) is 4.79 Å². The zero-order chi connectivity index (χ0) is 24.4. The fourth-order valence-corrected chi connectivity index (χ4v) is 4.29. The number of halogens is 3. The number of benzene rings is 1. The second-order valence-corrected chi connectivity index (χ2v) is 8.98. The molecule has 1 saturated carbocycles. The van der Waals surface area contributed by atoms with Gasteiger partial charge in [-0.2, -0.15) is 13.2 Å². The number of amides is 1. The Morgan fingerprint density at radius 3 is 2.70 bits per heavy atom. The highest BCUT2D eigenvalue weighted by atomic mass is 19.4. The molecule has 2 rings (SSSR count). The lowest BCUT2D eigenvalue weighted by Crippen LogP contribution is -2.20. The summed E-state index contributed by atoms with van der Waals surface area (Å²) in [6.45, 7) is 2.00. The van der Waals surface area contributed by atoms with Crippen LogP contribution >= 0.6 is 0 Å². The van der Waals surface area contributed by atoms with Crippen molar-refractivity contribution in [2.75, 3.05) is 7.05 Å². The molecule has 33 heavy (non-hydrogen) atoms. The van der Waals surface area contributed by atoms with Crippen LogP contribution in [0, 0.1) is 17.8 Å². The molecule has 1 aliphatic carbocycles. The molecule has 7 heteroatoms. The average molecular weight is 468 g/mol. The number of alkyl halides is 3. The molecule has 184 valence electrons. The van der Waals surface area contributed by atoms with E-state index in [-0.39, 0.29) is 23.7 Å². The van der Waals surface area contributed by atoms with E-state index in [1.54, 1.807) is 13.1 Å². The van der Waals surface area contributed by atoms with Gasteiger partial charge in [-0.25, -0.2) is 0 Å². The number of nitrogens with one attached hydrogen (secondary N) is 1.